The molecule has 3 rings (SSSR count). The molecular formula is C20H25Cl2N3O. The number of primary amides is 1. The van der Waals surface area contributed by atoms with Gasteiger partial charge in [-0.3, -0.25) is 4.79 Å². The number of hydrogen-bond acceptors (Lipinski definition) is 3. The summed E-state index contributed by atoms with van der Waals surface area (Å²) >= 11 is 13.2. The van der Waals surface area contributed by atoms with Crippen molar-refractivity contribution in [2.45, 2.75) is 23.8 Å². The Morgan fingerprint density at radius 1 is 1.35 bits per heavy atom. The van der Waals surface area contributed by atoms with Crippen molar-refractivity contribution in [3.05, 3.63) is 53.1 Å². The predicted molar refractivity (Wildman–Crippen MR) is 109 cm³/mol. The highest BCUT2D eigenvalue weighted by Crippen LogP contribution is 2.46. The molecular weight excluding hydrogens is 369 g/mol. The van der Waals surface area contributed by atoms with Crippen molar-refractivity contribution in [1.29, 1.82) is 0 Å². The second-order valence-electron chi connectivity index (χ2n) is 7.21. The molecule has 1 aliphatic carbocycles. The lowest BCUT2D eigenvalue weighted by Gasteiger charge is -2.37. The van der Waals surface area contributed by atoms with E-state index in [9.17, 15) is 4.79 Å². The first-order valence-electron chi connectivity index (χ1n) is 8.88. The molecule has 1 aliphatic heterocycles. The number of nitrogens with zero attached hydrogens (tertiary/aromatic N) is 2. The Morgan fingerprint density at radius 2 is 2.04 bits per heavy atom. The van der Waals surface area contributed by atoms with Gasteiger partial charge in [0.05, 0.1) is 0 Å². The molecule has 0 saturated carbocycles. The largest absolute Gasteiger partial charge is 0.372 e. The number of nitrogens with two attached hydrogens (primary N) is 1. The number of hydrogen-bond donors (Lipinski definition) is 1. The molecule has 1 aromatic carbocycles. The second kappa shape index (κ2) is 7.63. The summed E-state index contributed by atoms with van der Waals surface area (Å²) in [4.78, 5) is 15.6. The van der Waals surface area contributed by atoms with Gasteiger partial charge in [0.2, 0.25) is 5.91 Å². The lowest BCUT2D eigenvalue weighted by Crippen LogP contribution is -2.42. The quantitative estimate of drug-likeness (QED) is 0.796. The molecule has 1 fully saturated rings. The normalized spacial score (nSPS) is 27.2. The van der Waals surface area contributed by atoms with E-state index in [2.05, 4.69) is 30.0 Å². The number of piperidine rings is 1. The fourth-order valence-electron chi connectivity index (χ4n) is 3.84. The molecule has 6 heteroatoms. The number of allylic oxidation sites excluding steroid dienone is 3. The molecule has 2 atom stereocenters. The predicted octanol–water partition coefficient (Wildman–Crippen LogP) is 3.45. The Labute approximate surface area is 165 Å². The minimum absolute atomic E-state index is 0.365. The smallest absolute Gasteiger partial charge is 0.228 e. The molecule has 1 saturated heterocycles. The highest BCUT2D eigenvalue weighted by Gasteiger charge is 2.43. The van der Waals surface area contributed by atoms with Gasteiger partial charge in [-0.25, -0.2) is 0 Å². The van der Waals surface area contributed by atoms with Crippen molar-refractivity contribution >= 4 is 34.8 Å². The molecule has 0 aromatic heterocycles. The first-order valence-corrected chi connectivity index (χ1v) is 9.63. The zero-order valence-electron chi connectivity index (χ0n) is 15.2. The number of amides is 1. The first-order chi connectivity index (χ1) is 12.3. The van der Waals surface area contributed by atoms with E-state index in [1.165, 1.54) is 0 Å². The van der Waals surface area contributed by atoms with E-state index in [1.807, 2.05) is 18.2 Å². The van der Waals surface area contributed by atoms with E-state index in [0.717, 1.165) is 37.2 Å². The van der Waals surface area contributed by atoms with Crippen LogP contribution in [-0.4, -0.2) is 44.0 Å². The maximum atomic E-state index is 12.0. The average Bonchev–Trinajstić information content (AvgIpc) is 2.61. The number of anilines is 1. The molecule has 4 nitrogen and oxygen atoms in total. The van der Waals surface area contributed by atoms with Gasteiger partial charge in [-0.1, -0.05) is 35.9 Å². The average molecular weight is 394 g/mol. The van der Waals surface area contributed by atoms with Crippen molar-refractivity contribution in [3.8, 4) is 0 Å². The fraction of sp³-hybridized carbons (Fsp3) is 0.450. The zero-order chi connectivity index (χ0) is 18.9. The van der Waals surface area contributed by atoms with Crippen molar-refractivity contribution in [1.82, 2.24) is 4.90 Å². The van der Waals surface area contributed by atoms with Gasteiger partial charge in [-0.05, 0) is 56.8 Å². The molecule has 1 heterocycles. The molecule has 0 bridgehead atoms. The van der Waals surface area contributed by atoms with Gasteiger partial charge in [0.1, 0.15) is 10.8 Å². The van der Waals surface area contributed by atoms with Gasteiger partial charge in [-0.2, -0.15) is 0 Å². The van der Waals surface area contributed by atoms with Gasteiger partial charge in [0.25, 0.3) is 0 Å². The van der Waals surface area contributed by atoms with Crippen LogP contribution in [0.3, 0.4) is 0 Å². The van der Waals surface area contributed by atoms with E-state index in [4.69, 9.17) is 28.9 Å². The number of carbonyl (C=O) groups is 1. The van der Waals surface area contributed by atoms with Crippen molar-refractivity contribution < 1.29 is 4.79 Å². The third kappa shape index (κ3) is 3.64. The number of alkyl halides is 1. The molecule has 1 amide bonds. The molecule has 0 radical (unpaired) electrons. The van der Waals surface area contributed by atoms with Crippen LogP contribution in [0.1, 0.15) is 18.4 Å². The number of benzene rings is 1. The molecule has 0 spiro atoms. The third-order valence-electron chi connectivity index (χ3n) is 5.51. The molecule has 26 heavy (non-hydrogen) atoms. The topological polar surface area (TPSA) is 49.6 Å². The Bertz CT molecular complexity index is 740. The lowest BCUT2D eigenvalue weighted by molar-refractivity contribution is -0.121. The summed E-state index contributed by atoms with van der Waals surface area (Å²) in [5.74, 6) is -1.31. The zero-order valence-corrected chi connectivity index (χ0v) is 16.7. The minimum atomic E-state index is -1.07. The fourth-order valence-corrected chi connectivity index (χ4v) is 4.66. The van der Waals surface area contributed by atoms with E-state index in [-0.39, 0.29) is 0 Å². The highest BCUT2D eigenvalue weighted by molar-refractivity contribution is 6.35. The SMILES string of the molecule is CN1CCC(N(C)c2cccc(C3(Cl)C=CC=C(Cl)C3C(N)=O)c2)CC1. The summed E-state index contributed by atoms with van der Waals surface area (Å²) in [6.45, 7) is 2.20. The van der Waals surface area contributed by atoms with Crippen molar-refractivity contribution in [3.63, 3.8) is 0 Å². The van der Waals surface area contributed by atoms with Crippen LogP contribution >= 0.6 is 23.2 Å². The van der Waals surface area contributed by atoms with E-state index < -0.39 is 16.7 Å². The molecule has 2 N–H and O–H groups in total. The Kier molecular flexibility index (Phi) is 5.66. The minimum Gasteiger partial charge on any atom is -0.372 e. The van der Waals surface area contributed by atoms with Crippen LogP contribution in [0.25, 0.3) is 0 Å². The number of likely N-dealkylation sites (tertiary alicyclic amines) is 1. The Hall–Kier alpha value is -1.49. The summed E-state index contributed by atoms with van der Waals surface area (Å²) in [6, 6.07) is 8.50. The van der Waals surface area contributed by atoms with Crippen molar-refractivity contribution in [2.24, 2.45) is 11.7 Å². The van der Waals surface area contributed by atoms with Crippen LogP contribution in [0.15, 0.2) is 47.5 Å². The third-order valence-corrected chi connectivity index (χ3v) is 6.41. The summed E-state index contributed by atoms with van der Waals surface area (Å²) in [5.41, 5.74) is 7.51. The van der Waals surface area contributed by atoms with Crippen LogP contribution in [0.2, 0.25) is 0 Å². The van der Waals surface area contributed by atoms with Crippen LogP contribution < -0.4 is 10.6 Å². The molecule has 1 aromatic rings. The molecule has 2 unspecified atom stereocenters. The Morgan fingerprint density at radius 3 is 2.69 bits per heavy atom. The summed E-state index contributed by atoms with van der Waals surface area (Å²) < 4.78 is 0. The van der Waals surface area contributed by atoms with Gasteiger partial charge < -0.3 is 15.5 Å². The van der Waals surface area contributed by atoms with Crippen molar-refractivity contribution in [2.75, 3.05) is 32.1 Å². The van der Waals surface area contributed by atoms with Gasteiger partial charge in [0.15, 0.2) is 0 Å². The van der Waals surface area contributed by atoms with E-state index >= 15 is 0 Å². The summed E-state index contributed by atoms with van der Waals surface area (Å²) in [7, 11) is 4.27. The highest BCUT2D eigenvalue weighted by atomic mass is 35.5. The maximum absolute atomic E-state index is 12.0. The maximum Gasteiger partial charge on any atom is 0.228 e. The monoisotopic (exact) mass is 393 g/mol. The van der Waals surface area contributed by atoms with Crippen LogP contribution in [0.5, 0.6) is 0 Å². The van der Waals surface area contributed by atoms with Gasteiger partial charge >= 0.3 is 0 Å². The molecule has 2 aliphatic rings. The number of halogens is 2. The Balaban J connectivity index is 1.90. The summed E-state index contributed by atoms with van der Waals surface area (Å²) in [5, 5.41) is 0.365. The van der Waals surface area contributed by atoms with Crippen LogP contribution in [0, 0.1) is 5.92 Å². The summed E-state index contributed by atoms with van der Waals surface area (Å²) in [6.07, 6.45) is 7.50. The molecule has 140 valence electrons. The lowest BCUT2D eigenvalue weighted by atomic mass is 9.81. The second-order valence-corrected chi connectivity index (χ2v) is 8.27. The first kappa shape index (κ1) is 19.3. The van der Waals surface area contributed by atoms with Gasteiger partial charge in [-0.15, -0.1) is 11.6 Å². The van der Waals surface area contributed by atoms with E-state index in [0.29, 0.717) is 11.1 Å². The van der Waals surface area contributed by atoms with Gasteiger partial charge in [0, 0.05) is 23.8 Å². The standard InChI is InChI=1S/C20H25Cl2N3O/c1-24-11-8-15(9-12-24)25(2)16-6-3-5-14(13-16)20(22)10-4-7-17(21)18(20)19(23)26/h3-7,10,13,15,18H,8-9,11-12H2,1-2H3,(H2,23,26). The number of rotatable bonds is 4. The van der Waals surface area contributed by atoms with Crippen LogP contribution in [0.4, 0.5) is 5.69 Å². The number of carbonyl (C=O) groups excluding carboxylic acids is 1. The van der Waals surface area contributed by atoms with E-state index in [1.54, 1.807) is 18.2 Å². The van der Waals surface area contributed by atoms with Crippen LogP contribution in [-0.2, 0) is 9.67 Å².